The maximum atomic E-state index is 13.1. The van der Waals surface area contributed by atoms with Crippen LogP contribution in [0, 0.1) is 0 Å². The van der Waals surface area contributed by atoms with Crippen LogP contribution in [0.25, 0.3) is 10.8 Å². The van der Waals surface area contributed by atoms with Gasteiger partial charge in [-0.2, -0.15) is 24.9 Å². The van der Waals surface area contributed by atoms with Crippen molar-refractivity contribution in [1.82, 2.24) is 0 Å². The highest BCUT2D eigenvalue weighted by molar-refractivity contribution is 8.03. The van der Waals surface area contributed by atoms with Crippen molar-refractivity contribution < 1.29 is 32.9 Å². The Morgan fingerprint density at radius 2 is 1.85 bits per heavy atom. The largest absolute Gasteiger partial charge is 0.691 e. The molecule has 0 bridgehead atoms. The minimum absolute atomic E-state index is 0.154. The number of fused-ring (bicyclic) bond motifs is 1. The zero-order chi connectivity index (χ0) is 18.8. The zero-order valence-electron chi connectivity index (χ0n) is 13.4. The van der Waals surface area contributed by atoms with Crippen molar-refractivity contribution in [3.05, 3.63) is 42.5 Å². The molecule has 0 amide bonds. The molecule has 0 fully saturated rings. The first-order valence-corrected chi connectivity index (χ1v) is 10.3. The van der Waals surface area contributed by atoms with E-state index >= 15 is 0 Å². The van der Waals surface area contributed by atoms with Crippen LogP contribution >= 0.6 is 35.6 Å². The molecule has 0 aliphatic carbocycles. The summed E-state index contributed by atoms with van der Waals surface area (Å²) in [7, 11) is 0. The Hall–Kier alpha value is -1.04. The third kappa shape index (κ3) is 6.93. The molecule has 0 atom stereocenters. The summed E-state index contributed by atoms with van der Waals surface area (Å²) in [5.41, 5.74) is 0. The second kappa shape index (κ2) is 11.0. The quantitative estimate of drug-likeness (QED) is 0.136. The van der Waals surface area contributed by atoms with Gasteiger partial charge in [0.15, 0.2) is 0 Å². The minimum Gasteiger partial charge on any atom is -0.691 e. The van der Waals surface area contributed by atoms with Crippen LogP contribution < -0.4 is 5.26 Å². The van der Waals surface area contributed by atoms with Crippen LogP contribution in [0.2, 0.25) is 0 Å². The second-order valence-electron chi connectivity index (χ2n) is 4.84. The van der Waals surface area contributed by atoms with E-state index in [2.05, 4.69) is 44.4 Å². The minimum atomic E-state index is -3.99. The van der Waals surface area contributed by atoms with Gasteiger partial charge in [0.25, 0.3) is 0 Å². The Morgan fingerprint density at radius 1 is 1.08 bits per heavy atom. The van der Waals surface area contributed by atoms with E-state index in [1.165, 1.54) is 22.5 Å². The number of esters is 1. The fourth-order valence-corrected chi connectivity index (χ4v) is 4.01. The molecule has 0 spiro atoms. The third-order valence-electron chi connectivity index (χ3n) is 3.08. The first-order valence-electron chi connectivity index (χ1n) is 7.41. The van der Waals surface area contributed by atoms with Gasteiger partial charge < -0.3 is 9.99 Å². The normalized spacial score (nSPS) is 11.7. The van der Waals surface area contributed by atoms with E-state index in [0.29, 0.717) is 5.75 Å². The number of alkyl halides is 2. The zero-order valence-corrected chi connectivity index (χ0v) is 15.8. The van der Waals surface area contributed by atoms with Gasteiger partial charge in [0.05, 0.1) is 0 Å². The molecule has 0 unspecified atom stereocenters. The highest BCUT2D eigenvalue weighted by atomic mass is 32.2. The lowest BCUT2D eigenvalue weighted by Gasteiger charge is -2.13. The van der Waals surface area contributed by atoms with Crippen LogP contribution in [0.15, 0.2) is 47.4 Å². The number of rotatable bonds is 11. The predicted octanol–water partition coefficient (Wildman–Crippen LogP) is 3.67. The molecular weight excluding hydrogens is 406 g/mol. The molecule has 26 heavy (non-hydrogen) atoms. The summed E-state index contributed by atoms with van der Waals surface area (Å²) in [5, 5.41) is 10.7. The predicted molar refractivity (Wildman–Crippen MR) is 97.7 cm³/mol. The molecule has 0 aliphatic rings. The van der Waals surface area contributed by atoms with Gasteiger partial charge in [-0.25, -0.2) is 4.79 Å². The number of thioether (sulfide) groups is 2. The van der Waals surface area contributed by atoms with Crippen LogP contribution in [0.1, 0.15) is 0 Å². The van der Waals surface area contributed by atoms with Crippen molar-refractivity contribution in [1.29, 1.82) is 0 Å². The standard InChI is InChI=1S/C16H16F2O5S3/c17-16(18,26-23-22-20)15(19)21-7-8-24-9-10-25-14-6-5-12-3-1-2-4-13(12)11-14/h1-6,11,20H,7-10H2/p-1. The van der Waals surface area contributed by atoms with E-state index in [0.717, 1.165) is 16.4 Å². The van der Waals surface area contributed by atoms with Crippen LogP contribution in [0.5, 0.6) is 0 Å². The number of halogens is 2. The number of carbonyl (C=O) groups excluding carboxylic acids is 1. The number of carbonyl (C=O) groups is 1. The van der Waals surface area contributed by atoms with Crippen molar-refractivity contribution in [3.63, 3.8) is 0 Å². The number of hydrogen-bond acceptors (Lipinski definition) is 8. The van der Waals surface area contributed by atoms with Gasteiger partial charge in [0, 0.05) is 22.2 Å². The molecule has 0 aliphatic heterocycles. The molecule has 0 saturated carbocycles. The molecule has 0 N–H and O–H groups in total. The molecule has 2 aromatic carbocycles. The van der Waals surface area contributed by atoms with Crippen molar-refractivity contribution in [2.45, 2.75) is 10.2 Å². The Bertz CT molecular complexity index is 717. The second-order valence-corrected chi connectivity index (χ2v) is 8.05. The first kappa shape index (κ1) is 21.3. The summed E-state index contributed by atoms with van der Waals surface area (Å²) in [6.45, 7) is -0.154. The summed E-state index contributed by atoms with van der Waals surface area (Å²) in [4.78, 5) is 12.3. The van der Waals surface area contributed by atoms with Crippen molar-refractivity contribution >= 4 is 52.3 Å². The number of ether oxygens (including phenoxy) is 1. The summed E-state index contributed by atoms with van der Waals surface area (Å²) >= 11 is 2.50. The summed E-state index contributed by atoms with van der Waals surface area (Å²) in [6.07, 6.45) is 0. The summed E-state index contributed by atoms with van der Waals surface area (Å²) < 4.78 is 34.0. The Morgan fingerprint density at radius 3 is 2.62 bits per heavy atom. The van der Waals surface area contributed by atoms with E-state index in [-0.39, 0.29) is 6.61 Å². The Labute approximate surface area is 161 Å². The molecule has 142 valence electrons. The number of hydrogen-bond donors (Lipinski definition) is 0. The third-order valence-corrected chi connectivity index (χ3v) is 5.78. The Kier molecular flexibility index (Phi) is 8.96. The molecule has 0 aromatic heterocycles. The van der Waals surface area contributed by atoms with Crippen LogP contribution in [0.4, 0.5) is 8.78 Å². The molecule has 2 aromatic rings. The maximum Gasteiger partial charge on any atom is 0.415 e. The lowest BCUT2D eigenvalue weighted by molar-refractivity contribution is -0.777. The van der Waals surface area contributed by atoms with Crippen molar-refractivity contribution in [2.75, 3.05) is 23.9 Å². The lowest BCUT2D eigenvalue weighted by atomic mass is 10.1. The SMILES string of the molecule is O=C(OCCSCCSc1ccc2ccccc2c1)C(F)(F)SOO[O-]. The monoisotopic (exact) mass is 421 g/mol. The summed E-state index contributed by atoms with van der Waals surface area (Å²) in [6, 6.07) is 14.4. The van der Waals surface area contributed by atoms with Crippen LogP contribution in [-0.2, 0) is 18.9 Å². The van der Waals surface area contributed by atoms with Crippen molar-refractivity contribution in [3.8, 4) is 0 Å². The van der Waals surface area contributed by atoms with Crippen molar-refractivity contribution in [2.24, 2.45) is 0 Å². The fraction of sp³-hybridized carbons (Fsp3) is 0.312. The lowest BCUT2D eigenvalue weighted by Crippen LogP contribution is -2.28. The van der Waals surface area contributed by atoms with Crippen LogP contribution in [0.3, 0.4) is 0 Å². The molecule has 5 nitrogen and oxygen atoms in total. The van der Waals surface area contributed by atoms with Gasteiger partial charge >= 0.3 is 11.2 Å². The average molecular weight is 421 g/mol. The molecule has 0 saturated heterocycles. The topological polar surface area (TPSA) is 67.8 Å². The highest BCUT2D eigenvalue weighted by Gasteiger charge is 2.43. The first-order chi connectivity index (χ1) is 12.5. The van der Waals surface area contributed by atoms with Gasteiger partial charge in [-0.05, 0) is 22.9 Å². The highest BCUT2D eigenvalue weighted by Crippen LogP contribution is 2.31. The van der Waals surface area contributed by atoms with Gasteiger partial charge in [0.2, 0.25) is 0 Å². The average Bonchev–Trinajstić information content (AvgIpc) is 2.65. The molecule has 2 rings (SSSR count). The van der Waals surface area contributed by atoms with Gasteiger partial charge in [-0.1, -0.05) is 30.3 Å². The smallest absolute Gasteiger partial charge is 0.415 e. The number of benzene rings is 2. The summed E-state index contributed by atoms with van der Waals surface area (Å²) in [5.74, 6) is 0.250. The fourth-order valence-electron chi connectivity index (χ4n) is 1.95. The van der Waals surface area contributed by atoms with Gasteiger partial charge in [0.1, 0.15) is 18.6 Å². The molecule has 0 radical (unpaired) electrons. The molecule has 0 heterocycles. The molecular formula is C16H15F2O5S3-. The molecule has 10 heteroatoms. The van der Waals surface area contributed by atoms with Crippen LogP contribution in [-0.4, -0.2) is 35.1 Å². The van der Waals surface area contributed by atoms with Gasteiger partial charge in [-0.15, -0.1) is 11.8 Å². The maximum absolute atomic E-state index is 13.1. The van der Waals surface area contributed by atoms with Gasteiger partial charge in [-0.3, -0.25) is 5.04 Å². The van der Waals surface area contributed by atoms with E-state index in [1.54, 1.807) is 11.8 Å². The Balaban J connectivity index is 1.59. The van der Waals surface area contributed by atoms with E-state index in [9.17, 15) is 18.8 Å². The van der Waals surface area contributed by atoms with E-state index in [4.69, 9.17) is 0 Å². The van der Waals surface area contributed by atoms with E-state index in [1.807, 2.05) is 12.1 Å². The van der Waals surface area contributed by atoms with E-state index < -0.39 is 23.3 Å².